The first-order valence-corrected chi connectivity index (χ1v) is 7.42. The summed E-state index contributed by atoms with van der Waals surface area (Å²) in [6.45, 7) is 5.33. The Hall–Kier alpha value is -1.46. The third-order valence-corrected chi connectivity index (χ3v) is 4.29. The van der Waals surface area contributed by atoms with Crippen LogP contribution in [0.4, 0.5) is 4.39 Å². The Morgan fingerprint density at radius 2 is 2.24 bits per heavy atom. The molecule has 0 aliphatic carbocycles. The van der Waals surface area contributed by atoms with Gasteiger partial charge in [-0.2, -0.15) is 0 Å². The van der Waals surface area contributed by atoms with E-state index in [2.05, 4.69) is 5.32 Å². The van der Waals surface area contributed by atoms with E-state index in [0.29, 0.717) is 12.1 Å². The number of hydrogen-bond donors (Lipinski definition) is 2. The second-order valence-corrected chi connectivity index (χ2v) is 5.81. The zero-order valence-corrected chi connectivity index (χ0v) is 12.6. The number of hydrogen-bond acceptors (Lipinski definition) is 3. The predicted octanol–water partition coefficient (Wildman–Crippen LogP) is 1.53. The molecule has 3 unspecified atom stereocenters. The molecular formula is C16H23FN2O2. The summed E-state index contributed by atoms with van der Waals surface area (Å²) in [5, 5.41) is 12.7. The number of nitrogens with zero attached hydrogens (tertiary/aromatic N) is 1. The van der Waals surface area contributed by atoms with Crippen molar-refractivity contribution in [3.63, 3.8) is 0 Å². The van der Waals surface area contributed by atoms with E-state index in [1.54, 1.807) is 18.2 Å². The van der Waals surface area contributed by atoms with E-state index in [-0.39, 0.29) is 36.3 Å². The monoisotopic (exact) mass is 294 g/mol. The molecule has 5 heteroatoms. The molecule has 116 valence electrons. The van der Waals surface area contributed by atoms with E-state index in [0.717, 1.165) is 13.0 Å². The van der Waals surface area contributed by atoms with Gasteiger partial charge in [0.2, 0.25) is 5.91 Å². The standard InChI is InChI=1S/C16H23FN2O2/c1-11-7-8-19(10-15(11)20)12(2)16(21)18-9-13-5-3-4-6-14(13)17/h3-6,11-12,15,20H,7-10H2,1-2H3,(H,18,21). The van der Waals surface area contributed by atoms with Crippen LogP contribution in [0.1, 0.15) is 25.8 Å². The maximum atomic E-state index is 13.5. The number of aliphatic hydroxyl groups is 1. The highest BCUT2D eigenvalue weighted by atomic mass is 19.1. The highest BCUT2D eigenvalue weighted by Gasteiger charge is 2.29. The van der Waals surface area contributed by atoms with Gasteiger partial charge >= 0.3 is 0 Å². The second-order valence-electron chi connectivity index (χ2n) is 5.81. The molecule has 1 amide bonds. The molecule has 0 bridgehead atoms. The first-order valence-electron chi connectivity index (χ1n) is 7.42. The lowest BCUT2D eigenvalue weighted by molar-refractivity contribution is -0.127. The summed E-state index contributed by atoms with van der Waals surface area (Å²) >= 11 is 0. The largest absolute Gasteiger partial charge is 0.392 e. The minimum atomic E-state index is -0.388. The molecule has 3 atom stereocenters. The van der Waals surface area contributed by atoms with Crippen molar-refractivity contribution in [3.05, 3.63) is 35.6 Å². The number of piperidine rings is 1. The molecule has 2 rings (SSSR count). The molecule has 1 fully saturated rings. The van der Waals surface area contributed by atoms with Crippen molar-refractivity contribution in [2.24, 2.45) is 5.92 Å². The average Bonchev–Trinajstić information content (AvgIpc) is 2.48. The fraction of sp³-hybridized carbons (Fsp3) is 0.562. The summed E-state index contributed by atoms with van der Waals surface area (Å²) in [5.41, 5.74) is 0.477. The number of carbonyl (C=O) groups is 1. The summed E-state index contributed by atoms with van der Waals surface area (Å²) < 4.78 is 13.5. The number of likely N-dealkylation sites (tertiary alicyclic amines) is 1. The summed E-state index contributed by atoms with van der Waals surface area (Å²) in [7, 11) is 0. The minimum absolute atomic E-state index is 0.139. The van der Waals surface area contributed by atoms with Gasteiger partial charge in [0.05, 0.1) is 12.1 Å². The lowest BCUT2D eigenvalue weighted by Crippen LogP contribution is -2.52. The van der Waals surface area contributed by atoms with E-state index >= 15 is 0 Å². The molecule has 1 aliphatic rings. The third kappa shape index (κ3) is 4.02. The number of nitrogens with one attached hydrogen (secondary N) is 1. The molecule has 0 aromatic heterocycles. The van der Waals surface area contributed by atoms with E-state index in [1.807, 2.05) is 18.7 Å². The highest BCUT2D eigenvalue weighted by Crippen LogP contribution is 2.19. The van der Waals surface area contributed by atoms with Crippen molar-refractivity contribution < 1.29 is 14.3 Å². The lowest BCUT2D eigenvalue weighted by atomic mass is 9.95. The first-order chi connectivity index (χ1) is 9.99. The van der Waals surface area contributed by atoms with Crippen LogP contribution in [0.3, 0.4) is 0 Å². The number of carbonyl (C=O) groups excluding carboxylic acids is 1. The second kappa shape index (κ2) is 7.00. The van der Waals surface area contributed by atoms with Crippen molar-refractivity contribution in [1.29, 1.82) is 0 Å². The van der Waals surface area contributed by atoms with Crippen LogP contribution in [0, 0.1) is 11.7 Å². The maximum Gasteiger partial charge on any atom is 0.237 e. The van der Waals surface area contributed by atoms with Gasteiger partial charge in [-0.25, -0.2) is 4.39 Å². The van der Waals surface area contributed by atoms with E-state index < -0.39 is 0 Å². The van der Waals surface area contributed by atoms with Crippen molar-refractivity contribution in [2.75, 3.05) is 13.1 Å². The van der Waals surface area contributed by atoms with Crippen LogP contribution < -0.4 is 5.32 Å². The van der Waals surface area contributed by atoms with Crippen LogP contribution in [0.15, 0.2) is 24.3 Å². The molecule has 2 N–H and O–H groups in total. The molecule has 1 aromatic carbocycles. The van der Waals surface area contributed by atoms with Crippen molar-refractivity contribution in [1.82, 2.24) is 10.2 Å². The normalized spacial score (nSPS) is 24.6. The average molecular weight is 294 g/mol. The smallest absolute Gasteiger partial charge is 0.237 e. The molecule has 21 heavy (non-hydrogen) atoms. The number of halogens is 1. The SMILES string of the molecule is CC1CCN(C(C)C(=O)NCc2ccccc2F)CC1O. The van der Waals surface area contributed by atoms with Gasteiger partial charge in [-0.15, -0.1) is 0 Å². The Balaban J connectivity index is 1.87. The summed E-state index contributed by atoms with van der Waals surface area (Å²) in [6.07, 6.45) is 0.493. The van der Waals surface area contributed by atoms with Crippen LogP contribution in [-0.4, -0.2) is 41.1 Å². The highest BCUT2D eigenvalue weighted by molar-refractivity contribution is 5.81. The number of benzene rings is 1. The summed E-state index contributed by atoms with van der Waals surface area (Å²) in [5.74, 6) is -0.178. The molecule has 0 saturated carbocycles. The molecule has 4 nitrogen and oxygen atoms in total. The van der Waals surface area contributed by atoms with Gasteiger partial charge in [-0.3, -0.25) is 9.69 Å². The molecule has 1 heterocycles. The van der Waals surface area contributed by atoms with Gasteiger partial charge in [0.25, 0.3) is 0 Å². The van der Waals surface area contributed by atoms with E-state index in [1.165, 1.54) is 6.07 Å². The van der Waals surface area contributed by atoms with Crippen molar-refractivity contribution >= 4 is 5.91 Å². The number of rotatable bonds is 4. The van der Waals surface area contributed by atoms with Gasteiger partial charge in [0, 0.05) is 18.7 Å². The summed E-state index contributed by atoms with van der Waals surface area (Å²) in [4.78, 5) is 14.1. The molecule has 1 aliphatic heterocycles. The number of amides is 1. The molecule has 1 saturated heterocycles. The topological polar surface area (TPSA) is 52.6 Å². The Morgan fingerprint density at radius 1 is 1.52 bits per heavy atom. The van der Waals surface area contributed by atoms with Crippen LogP contribution >= 0.6 is 0 Å². The van der Waals surface area contributed by atoms with Crippen molar-refractivity contribution in [2.45, 2.75) is 39.0 Å². The van der Waals surface area contributed by atoms with Crippen molar-refractivity contribution in [3.8, 4) is 0 Å². The Bertz CT molecular complexity index is 495. The van der Waals surface area contributed by atoms with E-state index in [9.17, 15) is 14.3 Å². The quantitative estimate of drug-likeness (QED) is 0.885. The molecular weight excluding hydrogens is 271 g/mol. The summed E-state index contributed by atoms with van der Waals surface area (Å²) in [6, 6.07) is 6.09. The number of aliphatic hydroxyl groups excluding tert-OH is 1. The van der Waals surface area contributed by atoms with E-state index in [4.69, 9.17) is 0 Å². The third-order valence-electron chi connectivity index (χ3n) is 4.29. The fourth-order valence-electron chi connectivity index (χ4n) is 2.56. The number of β-amino-alcohol motifs (C(OH)–C–C–N with tert-alkyl or cyclic N) is 1. The molecule has 1 aromatic rings. The maximum absolute atomic E-state index is 13.5. The lowest BCUT2D eigenvalue weighted by Gasteiger charge is -2.37. The van der Waals surface area contributed by atoms with Crippen LogP contribution in [0.2, 0.25) is 0 Å². The van der Waals surface area contributed by atoms with Gasteiger partial charge in [0.15, 0.2) is 0 Å². The zero-order valence-electron chi connectivity index (χ0n) is 12.6. The van der Waals surface area contributed by atoms with Crippen LogP contribution in [0.25, 0.3) is 0 Å². The Kier molecular flexibility index (Phi) is 5.31. The first kappa shape index (κ1) is 15.9. The Morgan fingerprint density at radius 3 is 2.90 bits per heavy atom. The van der Waals surface area contributed by atoms with Gasteiger partial charge in [-0.1, -0.05) is 25.1 Å². The van der Waals surface area contributed by atoms with Gasteiger partial charge in [-0.05, 0) is 31.9 Å². The van der Waals surface area contributed by atoms with Gasteiger partial charge in [0.1, 0.15) is 5.82 Å². The minimum Gasteiger partial charge on any atom is -0.392 e. The molecule has 0 radical (unpaired) electrons. The Labute approximate surface area is 125 Å². The predicted molar refractivity (Wildman–Crippen MR) is 79.1 cm³/mol. The zero-order chi connectivity index (χ0) is 15.4. The van der Waals surface area contributed by atoms with Crippen LogP contribution in [-0.2, 0) is 11.3 Å². The van der Waals surface area contributed by atoms with Gasteiger partial charge < -0.3 is 10.4 Å². The van der Waals surface area contributed by atoms with Crippen LogP contribution in [0.5, 0.6) is 0 Å². The fourth-order valence-corrected chi connectivity index (χ4v) is 2.56. The molecule has 0 spiro atoms.